The van der Waals surface area contributed by atoms with Crippen molar-refractivity contribution in [3.05, 3.63) is 30.1 Å². The average molecular weight is 263 g/mol. The second kappa shape index (κ2) is 7.24. The fraction of sp³-hybridized carbons (Fsp3) is 0.600. The molecule has 19 heavy (non-hydrogen) atoms. The fourth-order valence-corrected chi connectivity index (χ4v) is 2.52. The smallest absolute Gasteiger partial charge is 0.308 e. The van der Waals surface area contributed by atoms with Gasteiger partial charge in [0.15, 0.2) is 0 Å². The highest BCUT2D eigenvalue weighted by atomic mass is 16.5. The van der Waals surface area contributed by atoms with Crippen LogP contribution in [0, 0.1) is 5.92 Å². The van der Waals surface area contributed by atoms with Gasteiger partial charge in [-0.1, -0.05) is 0 Å². The number of hydrogen-bond acceptors (Lipinski definition) is 4. The molecule has 1 aliphatic carbocycles. The van der Waals surface area contributed by atoms with Gasteiger partial charge >= 0.3 is 5.97 Å². The van der Waals surface area contributed by atoms with Gasteiger partial charge in [0.1, 0.15) is 0 Å². The zero-order valence-corrected chi connectivity index (χ0v) is 11.4. The molecule has 0 aliphatic heterocycles. The Kier molecular flexibility index (Phi) is 5.33. The lowest BCUT2D eigenvalue weighted by atomic mass is 9.87. The molecule has 1 heterocycles. The maximum absolute atomic E-state index is 11.4. The number of esters is 1. The summed E-state index contributed by atoms with van der Waals surface area (Å²) in [7, 11) is 1.46. The van der Waals surface area contributed by atoms with E-state index >= 15 is 0 Å². The number of rotatable bonds is 5. The molecule has 1 aromatic rings. The van der Waals surface area contributed by atoms with Crippen LogP contribution in [0.1, 0.15) is 31.2 Å². The molecule has 1 saturated carbocycles. The molecule has 1 aromatic heterocycles. The number of pyridine rings is 1. The summed E-state index contributed by atoms with van der Waals surface area (Å²) in [5.41, 5.74) is 1.25. The minimum absolute atomic E-state index is 0.0739. The van der Waals surface area contributed by atoms with Crippen LogP contribution in [0.4, 0.5) is 0 Å². The SMILES string of the molecule is COC(=O)C1CCC(OCCc2ccncc2)CC1. The third-order valence-electron chi connectivity index (χ3n) is 3.70. The molecular formula is C15H21NO3. The topological polar surface area (TPSA) is 48.4 Å². The van der Waals surface area contributed by atoms with Crippen LogP contribution in [0.15, 0.2) is 24.5 Å². The van der Waals surface area contributed by atoms with Gasteiger partial charge in [0.05, 0.1) is 25.7 Å². The van der Waals surface area contributed by atoms with Crippen molar-refractivity contribution in [3.8, 4) is 0 Å². The zero-order chi connectivity index (χ0) is 13.5. The molecule has 4 nitrogen and oxygen atoms in total. The van der Waals surface area contributed by atoms with Crippen molar-refractivity contribution in [1.82, 2.24) is 4.98 Å². The lowest BCUT2D eigenvalue weighted by Gasteiger charge is -2.27. The third kappa shape index (κ3) is 4.31. The maximum Gasteiger partial charge on any atom is 0.308 e. The first-order valence-electron chi connectivity index (χ1n) is 6.88. The highest BCUT2D eigenvalue weighted by Crippen LogP contribution is 2.27. The molecule has 2 rings (SSSR count). The predicted octanol–water partition coefficient (Wildman–Crippen LogP) is 2.37. The Hall–Kier alpha value is -1.42. The van der Waals surface area contributed by atoms with E-state index in [2.05, 4.69) is 4.98 Å². The number of hydrogen-bond donors (Lipinski definition) is 0. The van der Waals surface area contributed by atoms with Gasteiger partial charge in [-0.15, -0.1) is 0 Å². The van der Waals surface area contributed by atoms with Crippen LogP contribution in [0.3, 0.4) is 0 Å². The van der Waals surface area contributed by atoms with Crippen LogP contribution in [0.5, 0.6) is 0 Å². The van der Waals surface area contributed by atoms with E-state index in [9.17, 15) is 4.79 Å². The fourth-order valence-electron chi connectivity index (χ4n) is 2.52. The Balaban J connectivity index is 1.65. The molecular weight excluding hydrogens is 242 g/mol. The Morgan fingerprint density at radius 1 is 1.26 bits per heavy atom. The van der Waals surface area contributed by atoms with E-state index in [0.29, 0.717) is 6.10 Å². The monoisotopic (exact) mass is 263 g/mol. The Morgan fingerprint density at radius 2 is 1.95 bits per heavy atom. The van der Waals surface area contributed by atoms with Gasteiger partial charge in [0.2, 0.25) is 0 Å². The molecule has 0 amide bonds. The van der Waals surface area contributed by atoms with E-state index in [1.807, 2.05) is 12.1 Å². The van der Waals surface area contributed by atoms with Crippen molar-refractivity contribution >= 4 is 5.97 Å². The number of ether oxygens (including phenoxy) is 2. The van der Waals surface area contributed by atoms with E-state index in [4.69, 9.17) is 9.47 Å². The van der Waals surface area contributed by atoms with E-state index in [1.54, 1.807) is 12.4 Å². The minimum Gasteiger partial charge on any atom is -0.469 e. The highest BCUT2D eigenvalue weighted by Gasteiger charge is 2.27. The summed E-state index contributed by atoms with van der Waals surface area (Å²) in [5.74, 6) is 0.000262. The summed E-state index contributed by atoms with van der Waals surface area (Å²) >= 11 is 0. The second-order valence-corrected chi connectivity index (χ2v) is 4.97. The third-order valence-corrected chi connectivity index (χ3v) is 3.70. The van der Waals surface area contributed by atoms with Crippen molar-refractivity contribution in [2.24, 2.45) is 5.92 Å². The lowest BCUT2D eigenvalue weighted by Crippen LogP contribution is -2.27. The van der Waals surface area contributed by atoms with Gasteiger partial charge in [-0.3, -0.25) is 9.78 Å². The number of nitrogens with zero attached hydrogens (tertiary/aromatic N) is 1. The number of carbonyl (C=O) groups is 1. The predicted molar refractivity (Wildman–Crippen MR) is 71.7 cm³/mol. The van der Waals surface area contributed by atoms with Crippen molar-refractivity contribution in [3.63, 3.8) is 0 Å². The molecule has 0 bridgehead atoms. The second-order valence-electron chi connectivity index (χ2n) is 4.97. The standard InChI is InChI=1S/C15H21NO3/c1-18-15(17)13-2-4-14(5-3-13)19-11-8-12-6-9-16-10-7-12/h6-7,9-10,13-14H,2-5,8,11H2,1H3. The van der Waals surface area contributed by atoms with Crippen LogP contribution < -0.4 is 0 Å². The quantitative estimate of drug-likeness (QED) is 0.765. The first kappa shape index (κ1) is 14.0. The van der Waals surface area contributed by atoms with Crippen LogP contribution in [-0.2, 0) is 20.7 Å². The first-order chi connectivity index (χ1) is 9.29. The molecule has 4 heteroatoms. The highest BCUT2D eigenvalue weighted by molar-refractivity contribution is 5.72. The molecule has 0 spiro atoms. The summed E-state index contributed by atoms with van der Waals surface area (Å²) in [6.45, 7) is 0.734. The van der Waals surface area contributed by atoms with Gasteiger partial charge in [-0.25, -0.2) is 0 Å². The summed E-state index contributed by atoms with van der Waals surface area (Å²) in [6, 6.07) is 4.02. The molecule has 0 radical (unpaired) electrons. The zero-order valence-electron chi connectivity index (χ0n) is 11.4. The van der Waals surface area contributed by atoms with Crippen LogP contribution in [0.2, 0.25) is 0 Å². The van der Waals surface area contributed by atoms with Crippen LogP contribution in [-0.4, -0.2) is 30.8 Å². The minimum atomic E-state index is -0.0739. The number of carbonyl (C=O) groups excluding carboxylic acids is 1. The van der Waals surface area contributed by atoms with Gasteiger partial charge in [0.25, 0.3) is 0 Å². The molecule has 1 aliphatic rings. The Bertz CT molecular complexity index is 386. The number of methoxy groups -OCH3 is 1. The summed E-state index contributed by atoms with van der Waals surface area (Å²) in [4.78, 5) is 15.4. The summed E-state index contributed by atoms with van der Waals surface area (Å²) in [5, 5.41) is 0. The maximum atomic E-state index is 11.4. The van der Waals surface area contributed by atoms with Crippen molar-refractivity contribution in [1.29, 1.82) is 0 Å². The van der Waals surface area contributed by atoms with Crippen LogP contribution in [0.25, 0.3) is 0 Å². The summed E-state index contributed by atoms with van der Waals surface area (Å²) in [6.07, 6.45) is 8.49. The Morgan fingerprint density at radius 3 is 2.58 bits per heavy atom. The van der Waals surface area contributed by atoms with Gasteiger partial charge < -0.3 is 9.47 Å². The van der Waals surface area contributed by atoms with Gasteiger partial charge in [0, 0.05) is 12.4 Å². The largest absolute Gasteiger partial charge is 0.469 e. The van der Waals surface area contributed by atoms with Gasteiger partial charge in [-0.05, 0) is 49.8 Å². The molecule has 0 aromatic carbocycles. The normalized spacial score (nSPS) is 23.0. The van der Waals surface area contributed by atoms with E-state index in [1.165, 1.54) is 12.7 Å². The Labute approximate surface area is 114 Å². The van der Waals surface area contributed by atoms with Crippen molar-refractivity contribution in [2.45, 2.75) is 38.2 Å². The van der Waals surface area contributed by atoms with Crippen molar-refractivity contribution in [2.75, 3.05) is 13.7 Å². The first-order valence-corrected chi connectivity index (χ1v) is 6.88. The molecule has 0 N–H and O–H groups in total. The lowest BCUT2D eigenvalue weighted by molar-refractivity contribution is -0.147. The molecule has 1 fully saturated rings. The summed E-state index contributed by atoms with van der Waals surface area (Å²) < 4.78 is 10.7. The van der Waals surface area contributed by atoms with E-state index in [-0.39, 0.29) is 11.9 Å². The number of aromatic nitrogens is 1. The van der Waals surface area contributed by atoms with E-state index in [0.717, 1.165) is 38.7 Å². The average Bonchev–Trinajstić information content (AvgIpc) is 2.48. The molecule has 0 unspecified atom stereocenters. The van der Waals surface area contributed by atoms with Gasteiger partial charge in [-0.2, -0.15) is 0 Å². The molecule has 0 saturated heterocycles. The van der Waals surface area contributed by atoms with Crippen molar-refractivity contribution < 1.29 is 14.3 Å². The molecule has 0 atom stereocenters. The van der Waals surface area contributed by atoms with E-state index < -0.39 is 0 Å². The van der Waals surface area contributed by atoms with Crippen LogP contribution >= 0.6 is 0 Å². The molecule has 104 valence electrons.